The first-order valence-electron chi connectivity index (χ1n) is 11.7. The topological polar surface area (TPSA) is 45.0 Å². The number of hydrogen-bond donors (Lipinski definition) is 0. The smallest absolute Gasteiger partial charge is 0.296 e. The van der Waals surface area contributed by atoms with Gasteiger partial charge in [0.05, 0.1) is 0 Å². The summed E-state index contributed by atoms with van der Waals surface area (Å²) in [7, 11) is 0. The highest BCUT2D eigenvalue weighted by Crippen LogP contribution is 2.29. The molecule has 35 heavy (non-hydrogen) atoms. The molecule has 2 aromatic heterocycles. The van der Waals surface area contributed by atoms with E-state index < -0.39 is 11.7 Å². The summed E-state index contributed by atoms with van der Waals surface area (Å²) in [4.78, 5) is 30.8. The molecule has 1 fully saturated rings. The van der Waals surface area contributed by atoms with Crippen LogP contribution in [-0.2, 0) is 4.79 Å². The summed E-state index contributed by atoms with van der Waals surface area (Å²) >= 11 is 6.07. The van der Waals surface area contributed by atoms with E-state index in [4.69, 9.17) is 11.6 Å². The number of fused-ring (bicyclic) bond motifs is 1. The summed E-state index contributed by atoms with van der Waals surface area (Å²) in [6.45, 7) is 3.34. The van der Waals surface area contributed by atoms with Crippen LogP contribution in [0.2, 0.25) is 5.02 Å². The van der Waals surface area contributed by atoms with Crippen LogP contribution in [0.5, 0.6) is 0 Å². The number of nitrogens with zero attached hydrogens (tertiary/aromatic N) is 3. The Hall–Kier alpha value is -3.67. The fourth-order valence-corrected chi connectivity index (χ4v) is 4.61. The fraction of sp³-hybridized carbons (Fsp3) is 0.172. The van der Waals surface area contributed by atoms with Crippen molar-refractivity contribution in [1.29, 1.82) is 0 Å². The van der Waals surface area contributed by atoms with Crippen molar-refractivity contribution >= 4 is 34.9 Å². The van der Waals surface area contributed by atoms with Gasteiger partial charge in [0.2, 0.25) is 0 Å². The summed E-state index contributed by atoms with van der Waals surface area (Å²) in [5.74, 6) is -0.942. The molecule has 1 aliphatic heterocycles. The minimum atomic E-state index is -0.487. The van der Waals surface area contributed by atoms with Crippen molar-refractivity contribution in [1.82, 2.24) is 14.2 Å². The van der Waals surface area contributed by atoms with Gasteiger partial charge in [0.25, 0.3) is 11.7 Å². The average molecular weight is 484 g/mol. The van der Waals surface area contributed by atoms with Gasteiger partial charge in [0.1, 0.15) is 5.69 Å². The standard InChI is InChI=1S/C29H26ClN3O2/c30-24-13-11-23(12-14-24)26-21-25-10-4-5-16-33(25)27(26)28(34)29(35)32-19-17-31(18-20-32)15-6-9-22-7-2-1-3-8-22/h1-14,16,21H,15,17-20H2/b9-6+. The average Bonchev–Trinajstić information content (AvgIpc) is 3.29. The van der Waals surface area contributed by atoms with Crippen LogP contribution < -0.4 is 0 Å². The molecule has 0 radical (unpaired) electrons. The number of piperazine rings is 1. The Morgan fingerprint density at radius 2 is 1.57 bits per heavy atom. The van der Waals surface area contributed by atoms with Crippen LogP contribution in [0.3, 0.4) is 0 Å². The molecule has 5 nitrogen and oxygen atoms in total. The molecule has 0 atom stereocenters. The van der Waals surface area contributed by atoms with Gasteiger partial charge in [-0.25, -0.2) is 0 Å². The second-order valence-electron chi connectivity index (χ2n) is 8.64. The van der Waals surface area contributed by atoms with E-state index >= 15 is 0 Å². The van der Waals surface area contributed by atoms with Crippen molar-refractivity contribution in [3.63, 3.8) is 0 Å². The molecule has 3 heterocycles. The minimum Gasteiger partial charge on any atom is -0.333 e. The Morgan fingerprint density at radius 3 is 2.31 bits per heavy atom. The second-order valence-corrected chi connectivity index (χ2v) is 9.08. The lowest BCUT2D eigenvalue weighted by Gasteiger charge is -2.33. The van der Waals surface area contributed by atoms with Crippen molar-refractivity contribution in [3.8, 4) is 11.1 Å². The van der Waals surface area contributed by atoms with Crippen LogP contribution >= 0.6 is 11.6 Å². The third-order valence-corrected chi connectivity index (χ3v) is 6.63. The molecular weight excluding hydrogens is 458 g/mol. The SMILES string of the molecule is O=C(C(=O)N1CCN(C/C=C/c2ccccc2)CC1)c1c(-c2ccc(Cl)cc2)cc2ccccn12. The Morgan fingerprint density at radius 1 is 0.857 bits per heavy atom. The summed E-state index contributed by atoms with van der Waals surface area (Å²) in [6.07, 6.45) is 6.08. The molecule has 1 amide bonds. The monoisotopic (exact) mass is 483 g/mol. The highest BCUT2D eigenvalue weighted by atomic mass is 35.5. The third kappa shape index (κ3) is 5.06. The third-order valence-electron chi connectivity index (χ3n) is 6.38. The zero-order valence-electron chi connectivity index (χ0n) is 19.3. The number of carbonyl (C=O) groups excluding carboxylic acids is 2. The van der Waals surface area contributed by atoms with Crippen LogP contribution in [-0.4, -0.2) is 58.6 Å². The Bertz CT molecular complexity index is 1370. The lowest BCUT2D eigenvalue weighted by Crippen LogP contribution is -2.50. The molecule has 4 aromatic rings. The van der Waals surface area contributed by atoms with Crippen LogP contribution in [0.4, 0.5) is 0 Å². The highest BCUT2D eigenvalue weighted by molar-refractivity contribution is 6.43. The van der Waals surface area contributed by atoms with Gasteiger partial charge in [0.15, 0.2) is 0 Å². The first-order chi connectivity index (χ1) is 17.1. The molecule has 0 aliphatic carbocycles. The van der Waals surface area contributed by atoms with E-state index in [0.29, 0.717) is 23.8 Å². The minimum absolute atomic E-state index is 0.390. The van der Waals surface area contributed by atoms with Crippen molar-refractivity contribution < 1.29 is 9.59 Å². The zero-order chi connectivity index (χ0) is 24.2. The predicted molar refractivity (Wildman–Crippen MR) is 141 cm³/mol. The van der Waals surface area contributed by atoms with E-state index in [2.05, 4.69) is 29.2 Å². The van der Waals surface area contributed by atoms with Crippen LogP contribution in [0.1, 0.15) is 16.1 Å². The van der Waals surface area contributed by atoms with E-state index in [1.165, 1.54) is 5.56 Å². The van der Waals surface area contributed by atoms with Gasteiger partial charge in [-0.05, 0) is 41.5 Å². The highest BCUT2D eigenvalue weighted by Gasteiger charge is 2.30. The number of rotatable bonds is 6. The lowest BCUT2D eigenvalue weighted by atomic mass is 10.0. The molecule has 6 heteroatoms. The Balaban J connectivity index is 1.30. The number of pyridine rings is 1. The number of amides is 1. The van der Waals surface area contributed by atoms with Gasteiger partial charge < -0.3 is 9.30 Å². The lowest BCUT2D eigenvalue weighted by molar-refractivity contribution is -0.128. The summed E-state index contributed by atoms with van der Waals surface area (Å²) in [5, 5.41) is 0.623. The maximum absolute atomic E-state index is 13.5. The van der Waals surface area contributed by atoms with E-state index in [0.717, 1.165) is 36.3 Å². The largest absolute Gasteiger partial charge is 0.333 e. The van der Waals surface area contributed by atoms with E-state index in [1.807, 2.05) is 60.8 Å². The fourth-order valence-electron chi connectivity index (χ4n) is 4.49. The summed E-state index contributed by atoms with van der Waals surface area (Å²) in [5.41, 5.74) is 4.01. The normalized spacial score (nSPS) is 14.6. The quantitative estimate of drug-likeness (QED) is 0.276. The van der Waals surface area contributed by atoms with E-state index in [-0.39, 0.29) is 0 Å². The number of ketones is 1. The van der Waals surface area contributed by atoms with Crippen molar-refractivity contribution in [3.05, 3.63) is 107 Å². The first kappa shape index (κ1) is 23.1. The molecule has 2 aromatic carbocycles. The van der Waals surface area contributed by atoms with Gasteiger partial charge in [-0.15, -0.1) is 0 Å². The number of Topliss-reactive ketones (excluding diaryl/α,β-unsaturated/α-hetero) is 1. The molecule has 176 valence electrons. The zero-order valence-corrected chi connectivity index (χ0v) is 20.1. The van der Waals surface area contributed by atoms with Gasteiger partial charge in [-0.2, -0.15) is 0 Å². The van der Waals surface area contributed by atoms with Crippen LogP contribution in [0.15, 0.2) is 91.1 Å². The second kappa shape index (κ2) is 10.3. The van der Waals surface area contributed by atoms with Gasteiger partial charge in [0, 0.05) is 55.0 Å². The van der Waals surface area contributed by atoms with Crippen molar-refractivity contribution in [2.75, 3.05) is 32.7 Å². The summed E-state index contributed by atoms with van der Waals surface area (Å²) < 4.78 is 1.80. The van der Waals surface area contributed by atoms with E-state index in [9.17, 15) is 9.59 Å². The Labute approximate surface area is 209 Å². The van der Waals surface area contributed by atoms with Gasteiger partial charge in [-0.1, -0.05) is 72.3 Å². The van der Waals surface area contributed by atoms with E-state index in [1.54, 1.807) is 21.4 Å². The number of carbonyl (C=O) groups is 2. The predicted octanol–water partition coefficient (Wildman–Crippen LogP) is 5.30. The number of aromatic nitrogens is 1. The molecule has 5 rings (SSSR count). The number of halogens is 1. The molecule has 0 saturated carbocycles. The first-order valence-corrected chi connectivity index (χ1v) is 12.1. The maximum atomic E-state index is 13.5. The van der Waals surface area contributed by atoms with Gasteiger partial charge >= 0.3 is 0 Å². The molecule has 0 spiro atoms. The molecular formula is C29H26ClN3O2. The van der Waals surface area contributed by atoms with Crippen molar-refractivity contribution in [2.24, 2.45) is 0 Å². The summed E-state index contributed by atoms with van der Waals surface area (Å²) in [6, 6.07) is 25.2. The molecule has 1 aliphatic rings. The molecule has 1 saturated heterocycles. The molecule has 0 N–H and O–H groups in total. The Kier molecular flexibility index (Phi) is 6.80. The number of hydrogen-bond acceptors (Lipinski definition) is 3. The molecule has 0 unspecified atom stereocenters. The number of benzene rings is 2. The maximum Gasteiger partial charge on any atom is 0.296 e. The van der Waals surface area contributed by atoms with Crippen molar-refractivity contribution in [2.45, 2.75) is 0 Å². The van der Waals surface area contributed by atoms with Gasteiger partial charge in [-0.3, -0.25) is 14.5 Å². The molecule has 0 bridgehead atoms. The van der Waals surface area contributed by atoms with Crippen LogP contribution in [0, 0.1) is 0 Å². The van der Waals surface area contributed by atoms with Crippen LogP contribution in [0.25, 0.3) is 22.7 Å².